The van der Waals surface area contributed by atoms with E-state index >= 15 is 0 Å². The Balaban J connectivity index is 2.02. The Labute approximate surface area is 193 Å². The molecule has 2 rings (SSSR count). The maximum Gasteiger partial charge on any atom is 0.433 e. The first-order valence-corrected chi connectivity index (χ1v) is 11.9. The zero-order valence-electron chi connectivity index (χ0n) is 18.3. The van der Waals surface area contributed by atoms with Gasteiger partial charge in [0.05, 0.1) is 6.26 Å². The monoisotopic (exact) mass is 506 g/mol. The van der Waals surface area contributed by atoms with Crippen LogP contribution in [0.3, 0.4) is 0 Å². The van der Waals surface area contributed by atoms with Gasteiger partial charge in [-0.1, -0.05) is 6.92 Å². The Morgan fingerprint density at radius 3 is 2.32 bits per heavy atom. The topological polar surface area (TPSA) is 100 Å². The van der Waals surface area contributed by atoms with Crippen molar-refractivity contribution in [2.75, 3.05) is 29.4 Å². The number of carbonyl (C=O) groups excluding carboxylic acids is 1. The molecule has 2 aromatic rings. The van der Waals surface area contributed by atoms with E-state index in [4.69, 9.17) is 0 Å². The van der Waals surface area contributed by atoms with Crippen molar-refractivity contribution in [3.63, 3.8) is 0 Å². The molecule has 0 fully saturated rings. The third-order valence-corrected chi connectivity index (χ3v) is 4.85. The van der Waals surface area contributed by atoms with E-state index in [0.29, 0.717) is 13.0 Å². The van der Waals surface area contributed by atoms with Crippen LogP contribution in [0.15, 0.2) is 30.3 Å². The number of carbonyl (C=O) groups is 1. The highest BCUT2D eigenvalue weighted by atomic mass is 32.2. The number of sulfonamides is 1. The van der Waals surface area contributed by atoms with Crippen molar-refractivity contribution in [1.29, 1.82) is 0 Å². The van der Waals surface area contributed by atoms with Crippen LogP contribution in [0.2, 0.25) is 0 Å². The van der Waals surface area contributed by atoms with Gasteiger partial charge in [0, 0.05) is 24.7 Å². The number of anilines is 2. The highest BCUT2D eigenvalue weighted by Gasteiger charge is 2.32. The second-order valence-corrected chi connectivity index (χ2v) is 8.99. The summed E-state index contributed by atoms with van der Waals surface area (Å²) in [5.41, 5.74) is -1.41. The number of aromatic nitrogens is 1. The number of pyridine rings is 1. The summed E-state index contributed by atoms with van der Waals surface area (Å²) in [7, 11) is -3.87. The molecule has 1 aromatic heterocycles. The second-order valence-electron chi connectivity index (χ2n) is 7.24. The molecule has 13 heteroatoms. The van der Waals surface area contributed by atoms with Gasteiger partial charge in [0.15, 0.2) is 11.6 Å². The highest BCUT2D eigenvalue weighted by Crippen LogP contribution is 2.30. The van der Waals surface area contributed by atoms with Crippen LogP contribution in [-0.4, -0.2) is 38.7 Å². The molecule has 0 saturated heterocycles. The minimum atomic E-state index is -4.61. The van der Waals surface area contributed by atoms with Crippen LogP contribution >= 0.6 is 0 Å². The third kappa shape index (κ3) is 8.28. The molecular weight excluding hydrogens is 483 g/mol. The third-order valence-electron chi connectivity index (χ3n) is 4.28. The zero-order chi connectivity index (χ0) is 25.5. The molecule has 0 atom stereocenters. The van der Waals surface area contributed by atoms with Gasteiger partial charge in [-0.05, 0) is 48.7 Å². The van der Waals surface area contributed by atoms with Crippen molar-refractivity contribution in [2.45, 2.75) is 25.9 Å². The van der Waals surface area contributed by atoms with Crippen LogP contribution in [0, 0.1) is 11.6 Å². The first kappa shape index (κ1) is 27.0. The molecule has 7 nitrogen and oxygen atoms in total. The molecule has 34 heavy (non-hydrogen) atoms. The van der Waals surface area contributed by atoms with E-state index in [1.807, 2.05) is 6.92 Å². The van der Waals surface area contributed by atoms with E-state index in [1.54, 1.807) is 4.72 Å². The number of alkyl halides is 3. The highest BCUT2D eigenvalue weighted by molar-refractivity contribution is 7.92. The average molecular weight is 506 g/mol. The molecule has 3 N–H and O–H groups in total. The van der Waals surface area contributed by atoms with Crippen LogP contribution < -0.4 is 15.4 Å². The summed E-state index contributed by atoms with van der Waals surface area (Å²) in [6.45, 7) is 2.21. The molecule has 1 heterocycles. The quantitative estimate of drug-likeness (QED) is 0.335. The van der Waals surface area contributed by atoms with Crippen LogP contribution in [0.1, 0.15) is 30.2 Å². The molecule has 0 aliphatic heterocycles. The number of hydrogen-bond donors (Lipinski definition) is 3. The lowest BCUT2D eigenvalue weighted by molar-refractivity contribution is -0.141. The van der Waals surface area contributed by atoms with Gasteiger partial charge in [-0.3, -0.25) is 9.52 Å². The van der Waals surface area contributed by atoms with Crippen molar-refractivity contribution < 1.29 is 35.2 Å². The van der Waals surface area contributed by atoms with E-state index in [-0.39, 0.29) is 29.9 Å². The molecule has 1 aromatic carbocycles. The normalized spacial score (nSPS) is 12.1. The second kappa shape index (κ2) is 11.3. The Hall–Kier alpha value is -3.22. The van der Waals surface area contributed by atoms with Gasteiger partial charge >= 0.3 is 6.18 Å². The number of rotatable bonds is 10. The summed E-state index contributed by atoms with van der Waals surface area (Å²) in [5.74, 6) is -2.81. The number of nitrogens with zero attached hydrogens (tertiary/aromatic N) is 1. The largest absolute Gasteiger partial charge is 0.433 e. The van der Waals surface area contributed by atoms with Gasteiger partial charge in [-0.25, -0.2) is 22.2 Å². The van der Waals surface area contributed by atoms with E-state index in [0.717, 1.165) is 30.5 Å². The number of hydrogen-bond acceptors (Lipinski definition) is 5. The molecule has 0 saturated carbocycles. The van der Waals surface area contributed by atoms with E-state index in [2.05, 4.69) is 15.6 Å². The molecule has 0 aliphatic carbocycles. The first-order chi connectivity index (χ1) is 15.8. The number of nitrogens with one attached hydrogen (secondary N) is 3. The molecule has 0 aliphatic rings. The van der Waals surface area contributed by atoms with Gasteiger partial charge in [-0.15, -0.1) is 0 Å². The van der Waals surface area contributed by atoms with Gasteiger partial charge in [-0.2, -0.15) is 13.2 Å². The van der Waals surface area contributed by atoms with Crippen molar-refractivity contribution >= 4 is 33.5 Å². The van der Waals surface area contributed by atoms with Crippen molar-refractivity contribution in [3.8, 4) is 0 Å². The Morgan fingerprint density at radius 2 is 1.76 bits per heavy atom. The molecule has 0 radical (unpaired) electrons. The average Bonchev–Trinajstić information content (AvgIpc) is 2.72. The lowest BCUT2D eigenvalue weighted by atomic mass is 10.1. The van der Waals surface area contributed by atoms with Gasteiger partial charge in [0.25, 0.3) is 0 Å². The molecular formula is C21H23F5N4O3S. The standard InChI is InChI=1S/C21H23F5N4O3S/c1-3-9-28-20-14(4-6-17(29-20)21(24,25)26)5-7-18(31)27-10-8-13-11-15(22)19(16(23)12-13)30-34(2,32)33/h4-7,11-12,30H,3,8-10H2,1-2H3,(H,27,31)(H,28,29). The molecule has 1 amide bonds. The molecule has 0 spiro atoms. The van der Waals surface area contributed by atoms with Crippen molar-refractivity contribution in [1.82, 2.24) is 10.3 Å². The first-order valence-electron chi connectivity index (χ1n) is 10.0. The number of benzene rings is 1. The summed E-state index contributed by atoms with van der Waals surface area (Å²) in [4.78, 5) is 15.6. The smallest absolute Gasteiger partial charge is 0.370 e. The van der Waals surface area contributed by atoms with Crippen LogP contribution in [0.25, 0.3) is 6.08 Å². The van der Waals surface area contributed by atoms with Crippen LogP contribution in [0.4, 0.5) is 33.5 Å². The summed E-state index contributed by atoms with van der Waals surface area (Å²) in [6, 6.07) is 3.88. The number of amides is 1. The lowest BCUT2D eigenvalue weighted by Gasteiger charge is -2.12. The predicted octanol–water partition coefficient (Wildman–Crippen LogP) is 3.94. The molecule has 186 valence electrons. The maximum atomic E-state index is 14.0. The molecule has 0 bridgehead atoms. The van der Waals surface area contributed by atoms with Crippen LogP contribution in [0.5, 0.6) is 0 Å². The van der Waals surface area contributed by atoms with E-state index in [1.165, 1.54) is 12.1 Å². The summed E-state index contributed by atoms with van der Waals surface area (Å²) < 4.78 is 90.9. The van der Waals surface area contributed by atoms with E-state index in [9.17, 15) is 35.2 Å². The van der Waals surface area contributed by atoms with Gasteiger partial charge in [0.2, 0.25) is 15.9 Å². The minimum Gasteiger partial charge on any atom is -0.370 e. The SMILES string of the molecule is CCCNc1nc(C(F)(F)F)ccc1C=CC(=O)NCCc1cc(F)c(NS(C)(=O)=O)c(F)c1. The summed E-state index contributed by atoms with van der Waals surface area (Å²) in [6.07, 6.45) is -0.772. The van der Waals surface area contributed by atoms with Gasteiger partial charge < -0.3 is 10.6 Å². The molecule has 0 unspecified atom stereocenters. The lowest BCUT2D eigenvalue weighted by Crippen LogP contribution is -2.23. The summed E-state index contributed by atoms with van der Waals surface area (Å²) in [5, 5.41) is 5.27. The number of halogens is 5. The van der Waals surface area contributed by atoms with Crippen LogP contribution in [-0.2, 0) is 27.4 Å². The Bertz CT molecular complexity index is 1140. The van der Waals surface area contributed by atoms with Crippen molar-refractivity contribution in [3.05, 3.63) is 58.8 Å². The van der Waals surface area contributed by atoms with Crippen molar-refractivity contribution in [2.24, 2.45) is 0 Å². The fourth-order valence-electron chi connectivity index (χ4n) is 2.75. The Kier molecular flexibility index (Phi) is 8.96. The zero-order valence-corrected chi connectivity index (χ0v) is 19.1. The predicted molar refractivity (Wildman–Crippen MR) is 119 cm³/mol. The maximum absolute atomic E-state index is 14.0. The Morgan fingerprint density at radius 1 is 1.12 bits per heavy atom. The van der Waals surface area contributed by atoms with E-state index < -0.39 is 45.1 Å². The van der Waals surface area contributed by atoms with Gasteiger partial charge in [0.1, 0.15) is 17.2 Å². The fraction of sp³-hybridized carbons (Fsp3) is 0.333. The minimum absolute atomic E-state index is 0.00684. The summed E-state index contributed by atoms with van der Waals surface area (Å²) >= 11 is 0. The fourth-order valence-corrected chi connectivity index (χ4v) is 3.32.